The summed E-state index contributed by atoms with van der Waals surface area (Å²) in [6.07, 6.45) is -1.56. The van der Waals surface area contributed by atoms with Gasteiger partial charge >= 0.3 is 24.3 Å². The fourth-order valence-electron chi connectivity index (χ4n) is 3.75. The first kappa shape index (κ1) is 30.2. The molecule has 0 saturated carbocycles. The molecule has 37 heavy (non-hydrogen) atoms. The minimum Gasteiger partial charge on any atom is -0.475 e. The number of carboxylic acid groups (broad SMARTS) is 2. The van der Waals surface area contributed by atoms with E-state index < -0.39 is 24.3 Å². The largest absolute Gasteiger partial charge is 0.490 e. The number of hydrogen-bond acceptors (Lipinski definition) is 8. The van der Waals surface area contributed by atoms with Crippen LogP contribution >= 0.6 is 11.3 Å². The summed E-state index contributed by atoms with van der Waals surface area (Å²) in [4.78, 5) is 30.2. The van der Waals surface area contributed by atoms with Crippen molar-refractivity contribution >= 4 is 29.1 Å². The standard InChI is InChI=1S/C17H22N4OS.2C2HF3O2/c1-3-15(23-8-1)11-21-7-2-4-17(13-21)9-14(12-22-17)20-16-10-18-5-6-19-16;2*3-2(4,5)1(6)7/h1,3,5-6,8,10,14H,2,4,7,9,11-13H2,(H,19,20);2*(H,6,7). The topological polar surface area (TPSA) is 125 Å². The summed E-state index contributed by atoms with van der Waals surface area (Å²) in [5.41, 5.74) is 0.00931. The third kappa shape index (κ3) is 10.5. The number of halogens is 6. The highest BCUT2D eigenvalue weighted by molar-refractivity contribution is 7.09. The molecule has 3 N–H and O–H groups in total. The lowest BCUT2D eigenvalue weighted by Gasteiger charge is -2.39. The van der Waals surface area contributed by atoms with Crippen LogP contribution in [0.25, 0.3) is 0 Å². The molecule has 2 atom stereocenters. The lowest BCUT2D eigenvalue weighted by atomic mass is 9.88. The molecule has 0 radical (unpaired) electrons. The van der Waals surface area contributed by atoms with Crippen LogP contribution in [-0.2, 0) is 20.9 Å². The smallest absolute Gasteiger partial charge is 0.475 e. The zero-order valence-corrected chi connectivity index (χ0v) is 19.9. The highest BCUT2D eigenvalue weighted by Gasteiger charge is 2.43. The van der Waals surface area contributed by atoms with E-state index in [9.17, 15) is 26.3 Å². The Labute approximate surface area is 211 Å². The number of rotatable bonds is 4. The predicted molar refractivity (Wildman–Crippen MR) is 119 cm³/mol. The fourth-order valence-corrected chi connectivity index (χ4v) is 4.50. The molecule has 9 nitrogen and oxygen atoms in total. The van der Waals surface area contributed by atoms with Gasteiger partial charge in [-0.1, -0.05) is 6.07 Å². The van der Waals surface area contributed by atoms with E-state index in [1.54, 1.807) is 18.6 Å². The SMILES string of the molecule is O=C(O)C(F)(F)F.O=C(O)C(F)(F)F.c1csc(CN2CCCC3(CC(Nc4cnccn4)CO3)C2)c1. The molecule has 206 valence electrons. The molecule has 2 unspecified atom stereocenters. The van der Waals surface area contributed by atoms with E-state index in [1.807, 2.05) is 11.3 Å². The first-order chi connectivity index (χ1) is 17.2. The van der Waals surface area contributed by atoms with E-state index >= 15 is 0 Å². The van der Waals surface area contributed by atoms with Crippen molar-refractivity contribution in [1.29, 1.82) is 0 Å². The number of alkyl halides is 6. The van der Waals surface area contributed by atoms with Gasteiger partial charge in [0.1, 0.15) is 5.82 Å². The van der Waals surface area contributed by atoms with Gasteiger partial charge in [-0.25, -0.2) is 14.6 Å². The number of piperidine rings is 1. The predicted octanol–water partition coefficient (Wildman–Crippen LogP) is 4.04. The molecule has 0 amide bonds. The third-order valence-corrected chi connectivity index (χ3v) is 6.05. The van der Waals surface area contributed by atoms with Crippen molar-refractivity contribution in [3.63, 3.8) is 0 Å². The molecule has 0 aliphatic carbocycles. The van der Waals surface area contributed by atoms with Crippen molar-refractivity contribution in [3.8, 4) is 0 Å². The Morgan fingerprint density at radius 1 is 1.16 bits per heavy atom. The van der Waals surface area contributed by atoms with E-state index in [4.69, 9.17) is 24.5 Å². The van der Waals surface area contributed by atoms with Crippen molar-refractivity contribution in [3.05, 3.63) is 41.0 Å². The third-order valence-electron chi connectivity index (χ3n) is 5.19. The van der Waals surface area contributed by atoms with Crippen LogP contribution in [0.5, 0.6) is 0 Å². The van der Waals surface area contributed by atoms with Crippen LogP contribution in [0, 0.1) is 0 Å². The fraction of sp³-hybridized carbons (Fsp3) is 0.524. The molecule has 4 rings (SSSR count). The molecule has 16 heteroatoms. The number of aromatic nitrogens is 2. The van der Waals surface area contributed by atoms with Crippen molar-refractivity contribution in [2.24, 2.45) is 0 Å². The van der Waals surface area contributed by atoms with Crippen LogP contribution in [0.15, 0.2) is 36.1 Å². The van der Waals surface area contributed by atoms with Gasteiger partial charge < -0.3 is 20.3 Å². The van der Waals surface area contributed by atoms with Crippen molar-refractivity contribution in [2.45, 2.75) is 49.8 Å². The maximum Gasteiger partial charge on any atom is 0.490 e. The van der Waals surface area contributed by atoms with Gasteiger partial charge in [0.25, 0.3) is 0 Å². The summed E-state index contributed by atoms with van der Waals surface area (Å²) in [6.45, 7) is 4.00. The minimum atomic E-state index is -5.08. The number of nitrogens with one attached hydrogen (secondary N) is 1. The molecule has 0 aromatic carbocycles. The van der Waals surface area contributed by atoms with Gasteiger partial charge in [0.2, 0.25) is 0 Å². The lowest BCUT2D eigenvalue weighted by molar-refractivity contribution is -0.193. The van der Waals surface area contributed by atoms with Gasteiger partial charge in [-0.3, -0.25) is 9.88 Å². The van der Waals surface area contributed by atoms with E-state index in [-0.39, 0.29) is 5.60 Å². The number of likely N-dealkylation sites (tertiary alicyclic amines) is 1. The van der Waals surface area contributed by atoms with Crippen LogP contribution < -0.4 is 5.32 Å². The summed E-state index contributed by atoms with van der Waals surface area (Å²) >= 11 is 1.84. The highest BCUT2D eigenvalue weighted by atomic mass is 32.1. The summed E-state index contributed by atoms with van der Waals surface area (Å²) in [6, 6.07) is 4.68. The normalized spacial score (nSPS) is 21.8. The molecule has 2 aromatic rings. The van der Waals surface area contributed by atoms with Gasteiger partial charge in [0.15, 0.2) is 0 Å². The summed E-state index contributed by atoms with van der Waals surface area (Å²) in [5, 5.41) is 19.9. The van der Waals surface area contributed by atoms with Crippen LogP contribution in [-0.4, -0.2) is 80.7 Å². The summed E-state index contributed by atoms with van der Waals surface area (Å²) in [7, 11) is 0. The maximum atomic E-state index is 10.6. The Balaban J connectivity index is 0.000000286. The van der Waals surface area contributed by atoms with Gasteiger partial charge in [-0.15, -0.1) is 11.3 Å². The lowest BCUT2D eigenvalue weighted by Crippen LogP contribution is -2.47. The van der Waals surface area contributed by atoms with Crippen LogP contribution in [0.4, 0.5) is 32.2 Å². The van der Waals surface area contributed by atoms with Crippen LogP contribution in [0.3, 0.4) is 0 Å². The number of aliphatic carboxylic acids is 2. The summed E-state index contributed by atoms with van der Waals surface area (Å²) in [5.74, 6) is -4.68. The van der Waals surface area contributed by atoms with Crippen LogP contribution in [0.2, 0.25) is 0 Å². The Kier molecular flexibility index (Phi) is 10.6. The van der Waals surface area contributed by atoms with Crippen molar-refractivity contribution in [2.75, 3.05) is 25.0 Å². The molecule has 2 aliphatic rings. The Bertz CT molecular complexity index is 970. The average molecular weight is 559 g/mol. The quantitative estimate of drug-likeness (QED) is 0.477. The van der Waals surface area contributed by atoms with E-state index in [1.165, 1.54) is 17.8 Å². The van der Waals surface area contributed by atoms with Gasteiger partial charge in [-0.05, 0) is 30.8 Å². The average Bonchev–Trinajstić information content (AvgIpc) is 3.44. The minimum absolute atomic E-state index is 0.00931. The molecule has 1 spiro atoms. The molecule has 2 aliphatic heterocycles. The second-order valence-electron chi connectivity index (χ2n) is 8.13. The van der Waals surface area contributed by atoms with E-state index in [0.29, 0.717) is 6.04 Å². The van der Waals surface area contributed by atoms with Crippen LogP contribution in [0.1, 0.15) is 24.1 Å². The van der Waals surface area contributed by atoms with Crippen molar-refractivity contribution in [1.82, 2.24) is 14.9 Å². The number of nitrogens with zero attached hydrogens (tertiary/aromatic N) is 3. The first-order valence-corrected chi connectivity index (χ1v) is 11.6. The summed E-state index contributed by atoms with van der Waals surface area (Å²) < 4.78 is 69.7. The second kappa shape index (κ2) is 13.0. The van der Waals surface area contributed by atoms with Crippen molar-refractivity contribution < 1.29 is 50.9 Å². The molecule has 2 aromatic heterocycles. The zero-order valence-electron chi connectivity index (χ0n) is 19.1. The Morgan fingerprint density at radius 2 is 1.81 bits per heavy atom. The number of ether oxygens (including phenoxy) is 1. The van der Waals surface area contributed by atoms with E-state index in [0.717, 1.165) is 38.4 Å². The van der Waals surface area contributed by atoms with Gasteiger partial charge in [-0.2, -0.15) is 26.3 Å². The van der Waals surface area contributed by atoms with Gasteiger partial charge in [0.05, 0.1) is 24.4 Å². The molecular formula is C21H24F6N4O5S. The molecule has 0 bridgehead atoms. The molecule has 2 saturated heterocycles. The highest BCUT2D eigenvalue weighted by Crippen LogP contribution is 2.36. The number of carboxylic acids is 2. The number of hydrogen-bond donors (Lipinski definition) is 3. The molecule has 2 fully saturated rings. The number of carbonyl (C=O) groups is 2. The van der Waals surface area contributed by atoms with E-state index in [2.05, 4.69) is 37.7 Å². The van der Waals surface area contributed by atoms with Gasteiger partial charge in [0, 0.05) is 36.8 Å². The number of anilines is 1. The second-order valence-corrected chi connectivity index (χ2v) is 9.16. The molecular weight excluding hydrogens is 534 g/mol. The molecule has 4 heterocycles. The maximum absolute atomic E-state index is 10.6. The Hall–Kier alpha value is -2.98. The monoisotopic (exact) mass is 558 g/mol. The number of thiophene rings is 1. The Morgan fingerprint density at radius 3 is 2.32 bits per heavy atom. The zero-order chi connectivity index (χ0) is 27.7. The first-order valence-electron chi connectivity index (χ1n) is 10.7.